The molecule has 3 rings (SSSR count). The second-order valence-electron chi connectivity index (χ2n) is 7.78. The molecule has 2 heterocycles. The van der Waals surface area contributed by atoms with Crippen LogP contribution in [-0.2, 0) is 14.4 Å². The number of nitrogens with zero attached hydrogens (tertiary/aromatic N) is 1. The highest BCUT2D eigenvalue weighted by Gasteiger charge is 2.68. The number of carboxylic acids is 1. The Labute approximate surface area is 153 Å². The van der Waals surface area contributed by atoms with Crippen LogP contribution >= 0.6 is 0 Å². The van der Waals surface area contributed by atoms with Crippen molar-refractivity contribution in [2.45, 2.75) is 45.7 Å². The molecule has 2 N–H and O–H groups in total. The lowest BCUT2D eigenvalue weighted by Gasteiger charge is -2.32. The van der Waals surface area contributed by atoms with E-state index in [-0.39, 0.29) is 24.3 Å². The van der Waals surface area contributed by atoms with Crippen molar-refractivity contribution in [3.63, 3.8) is 0 Å². The van der Waals surface area contributed by atoms with Crippen LogP contribution in [0.25, 0.3) is 0 Å². The number of aliphatic carboxylic acids is 1. The number of carboxylic acid groups (broad SMARTS) is 1. The molecule has 1 aromatic carbocycles. The maximum atomic E-state index is 13.0. The van der Waals surface area contributed by atoms with Crippen LogP contribution in [0.2, 0.25) is 0 Å². The molecule has 2 aliphatic rings. The lowest BCUT2D eigenvalue weighted by molar-refractivity contribution is -0.152. The van der Waals surface area contributed by atoms with Gasteiger partial charge in [-0.2, -0.15) is 0 Å². The second kappa shape index (κ2) is 6.50. The molecule has 2 amide bonds. The first kappa shape index (κ1) is 18.6. The maximum absolute atomic E-state index is 13.0. The van der Waals surface area contributed by atoms with Crippen LogP contribution in [-0.4, -0.2) is 39.9 Å². The number of imide groups is 1. The van der Waals surface area contributed by atoms with Crippen molar-refractivity contribution in [1.29, 1.82) is 0 Å². The SMILES string of the molecule is CCN1C(=O)C2C(c3ccccc3C)NC(CC(C)C)(C(=O)O)C2C1=O. The lowest BCUT2D eigenvalue weighted by atomic mass is 9.75. The van der Waals surface area contributed by atoms with Crippen LogP contribution in [0.5, 0.6) is 0 Å². The molecule has 26 heavy (non-hydrogen) atoms. The molecule has 2 aliphatic heterocycles. The van der Waals surface area contributed by atoms with Crippen molar-refractivity contribution in [2.75, 3.05) is 6.54 Å². The molecule has 4 atom stereocenters. The molecule has 4 unspecified atom stereocenters. The van der Waals surface area contributed by atoms with Crippen LogP contribution in [0.3, 0.4) is 0 Å². The fourth-order valence-corrected chi connectivity index (χ4v) is 4.69. The zero-order chi connectivity index (χ0) is 19.2. The number of carbonyl (C=O) groups is 3. The Balaban J connectivity index is 2.18. The van der Waals surface area contributed by atoms with Gasteiger partial charge in [0, 0.05) is 12.6 Å². The van der Waals surface area contributed by atoms with E-state index in [1.54, 1.807) is 6.92 Å². The number of hydrogen-bond acceptors (Lipinski definition) is 4. The minimum Gasteiger partial charge on any atom is -0.480 e. The van der Waals surface area contributed by atoms with Crippen LogP contribution in [0.1, 0.15) is 44.4 Å². The number of hydrogen-bond donors (Lipinski definition) is 2. The summed E-state index contributed by atoms with van der Waals surface area (Å²) in [6, 6.07) is 7.15. The van der Waals surface area contributed by atoms with Gasteiger partial charge >= 0.3 is 5.97 Å². The van der Waals surface area contributed by atoms with Gasteiger partial charge in [-0.15, -0.1) is 0 Å². The molecule has 140 valence electrons. The molecule has 0 aliphatic carbocycles. The molecule has 0 aromatic heterocycles. The van der Waals surface area contributed by atoms with Gasteiger partial charge < -0.3 is 5.11 Å². The number of fused-ring (bicyclic) bond motifs is 1. The Morgan fingerprint density at radius 1 is 1.27 bits per heavy atom. The van der Waals surface area contributed by atoms with Crippen molar-refractivity contribution in [3.8, 4) is 0 Å². The van der Waals surface area contributed by atoms with E-state index in [4.69, 9.17) is 0 Å². The number of carbonyl (C=O) groups excluding carboxylic acids is 2. The number of amides is 2. The van der Waals surface area contributed by atoms with Gasteiger partial charge in [0.05, 0.1) is 11.8 Å². The van der Waals surface area contributed by atoms with Gasteiger partial charge in [0.2, 0.25) is 11.8 Å². The quantitative estimate of drug-likeness (QED) is 0.788. The van der Waals surface area contributed by atoms with Crippen LogP contribution in [0, 0.1) is 24.7 Å². The number of aryl methyl sites for hydroxylation is 1. The molecule has 6 heteroatoms. The summed E-state index contributed by atoms with van der Waals surface area (Å²) in [5, 5.41) is 13.3. The van der Waals surface area contributed by atoms with Crippen molar-refractivity contribution in [2.24, 2.45) is 17.8 Å². The van der Waals surface area contributed by atoms with Crippen molar-refractivity contribution in [3.05, 3.63) is 35.4 Å². The Hall–Kier alpha value is -2.21. The summed E-state index contributed by atoms with van der Waals surface area (Å²) in [4.78, 5) is 39.6. The van der Waals surface area contributed by atoms with Gasteiger partial charge in [-0.1, -0.05) is 38.1 Å². The molecule has 6 nitrogen and oxygen atoms in total. The molecule has 2 saturated heterocycles. The lowest BCUT2D eigenvalue weighted by Crippen LogP contribution is -2.56. The third kappa shape index (κ3) is 2.55. The number of benzene rings is 1. The Kier molecular flexibility index (Phi) is 4.65. The Bertz CT molecular complexity index is 760. The summed E-state index contributed by atoms with van der Waals surface area (Å²) in [7, 11) is 0. The first-order valence-corrected chi connectivity index (χ1v) is 9.16. The Morgan fingerprint density at radius 3 is 2.46 bits per heavy atom. The van der Waals surface area contributed by atoms with E-state index in [1.807, 2.05) is 45.0 Å². The van der Waals surface area contributed by atoms with Crippen LogP contribution in [0.4, 0.5) is 0 Å². The summed E-state index contributed by atoms with van der Waals surface area (Å²) in [6.07, 6.45) is 0.294. The predicted molar refractivity (Wildman–Crippen MR) is 96.3 cm³/mol. The van der Waals surface area contributed by atoms with E-state index in [0.29, 0.717) is 6.42 Å². The van der Waals surface area contributed by atoms with Crippen molar-refractivity contribution < 1.29 is 19.5 Å². The second-order valence-corrected chi connectivity index (χ2v) is 7.78. The summed E-state index contributed by atoms with van der Waals surface area (Å²) in [5.41, 5.74) is 0.431. The van der Waals surface area contributed by atoms with E-state index in [9.17, 15) is 19.5 Å². The number of nitrogens with one attached hydrogen (secondary N) is 1. The van der Waals surface area contributed by atoms with Crippen molar-refractivity contribution in [1.82, 2.24) is 10.2 Å². The number of likely N-dealkylation sites (tertiary alicyclic amines) is 1. The van der Waals surface area contributed by atoms with Gasteiger partial charge in [-0.25, -0.2) is 0 Å². The Morgan fingerprint density at radius 2 is 1.92 bits per heavy atom. The summed E-state index contributed by atoms with van der Waals surface area (Å²) < 4.78 is 0. The van der Waals surface area contributed by atoms with Gasteiger partial charge in [-0.3, -0.25) is 24.6 Å². The van der Waals surface area contributed by atoms with E-state index in [0.717, 1.165) is 11.1 Å². The zero-order valence-corrected chi connectivity index (χ0v) is 15.7. The summed E-state index contributed by atoms with van der Waals surface area (Å²) >= 11 is 0. The predicted octanol–water partition coefficient (Wildman–Crippen LogP) is 2.13. The third-order valence-corrected chi connectivity index (χ3v) is 5.70. The fraction of sp³-hybridized carbons (Fsp3) is 0.550. The highest BCUT2D eigenvalue weighted by molar-refractivity contribution is 6.09. The standard InChI is InChI=1S/C20H26N2O4/c1-5-22-17(23)14-15(18(22)24)20(19(25)26,10-11(2)3)21-16(14)13-9-7-6-8-12(13)4/h6-9,11,14-16,21H,5,10H2,1-4H3,(H,25,26). The highest BCUT2D eigenvalue weighted by atomic mass is 16.4. The van der Waals surface area contributed by atoms with Crippen LogP contribution in [0.15, 0.2) is 24.3 Å². The zero-order valence-electron chi connectivity index (χ0n) is 15.7. The molecular weight excluding hydrogens is 332 g/mol. The van der Waals surface area contributed by atoms with E-state index < -0.39 is 29.4 Å². The maximum Gasteiger partial charge on any atom is 0.324 e. The smallest absolute Gasteiger partial charge is 0.324 e. The monoisotopic (exact) mass is 358 g/mol. The van der Waals surface area contributed by atoms with E-state index >= 15 is 0 Å². The molecule has 2 fully saturated rings. The fourth-order valence-electron chi connectivity index (χ4n) is 4.69. The molecular formula is C20H26N2O4. The molecule has 0 bridgehead atoms. The van der Waals surface area contributed by atoms with Crippen LogP contribution < -0.4 is 5.32 Å². The van der Waals surface area contributed by atoms with Gasteiger partial charge in [0.15, 0.2) is 0 Å². The largest absolute Gasteiger partial charge is 0.480 e. The van der Waals surface area contributed by atoms with E-state index in [2.05, 4.69) is 5.32 Å². The van der Waals surface area contributed by atoms with Gasteiger partial charge in [0.25, 0.3) is 0 Å². The first-order chi connectivity index (χ1) is 12.2. The minimum atomic E-state index is -1.43. The summed E-state index contributed by atoms with van der Waals surface area (Å²) in [6.45, 7) is 7.82. The number of rotatable bonds is 5. The topological polar surface area (TPSA) is 86.7 Å². The van der Waals surface area contributed by atoms with E-state index in [1.165, 1.54) is 4.90 Å². The molecule has 0 radical (unpaired) electrons. The molecule has 0 spiro atoms. The van der Waals surface area contributed by atoms with Gasteiger partial charge in [-0.05, 0) is 37.3 Å². The highest BCUT2D eigenvalue weighted by Crippen LogP contribution is 2.51. The molecule has 1 aromatic rings. The first-order valence-electron chi connectivity index (χ1n) is 9.16. The normalized spacial score (nSPS) is 31.0. The molecule has 0 saturated carbocycles. The van der Waals surface area contributed by atoms with Crippen molar-refractivity contribution >= 4 is 17.8 Å². The summed E-state index contributed by atoms with van der Waals surface area (Å²) in [5.74, 6) is -3.19. The van der Waals surface area contributed by atoms with Gasteiger partial charge in [0.1, 0.15) is 5.54 Å². The minimum absolute atomic E-state index is 0.0634. The average molecular weight is 358 g/mol. The third-order valence-electron chi connectivity index (χ3n) is 5.70. The average Bonchev–Trinajstić information content (AvgIpc) is 3.03.